The number of hydrogen-bond acceptors (Lipinski definition) is 2. The molecule has 110 valence electrons. The fourth-order valence-corrected chi connectivity index (χ4v) is 3.82. The predicted molar refractivity (Wildman–Crippen MR) is 79.0 cm³/mol. The summed E-state index contributed by atoms with van der Waals surface area (Å²) in [5.74, 6) is 0.212. The molecule has 1 aliphatic carbocycles. The molecule has 2 N–H and O–H groups in total. The second kappa shape index (κ2) is 5.82. The van der Waals surface area contributed by atoms with E-state index in [0.717, 1.165) is 19.5 Å². The molecule has 1 heterocycles. The lowest BCUT2D eigenvalue weighted by atomic mass is 9.77. The van der Waals surface area contributed by atoms with Crippen molar-refractivity contribution in [3.8, 4) is 0 Å². The van der Waals surface area contributed by atoms with Crippen LogP contribution in [0.5, 0.6) is 0 Å². The van der Waals surface area contributed by atoms with Crippen LogP contribution in [-0.4, -0.2) is 25.0 Å². The van der Waals surface area contributed by atoms with Crippen molar-refractivity contribution in [2.45, 2.75) is 71.8 Å². The third-order valence-corrected chi connectivity index (χ3v) is 5.44. The first-order valence-corrected chi connectivity index (χ1v) is 8.00. The highest BCUT2D eigenvalue weighted by molar-refractivity contribution is 5.82. The lowest BCUT2D eigenvalue weighted by Gasteiger charge is -2.39. The molecule has 19 heavy (non-hydrogen) atoms. The van der Waals surface area contributed by atoms with Crippen molar-refractivity contribution in [2.24, 2.45) is 10.8 Å². The van der Waals surface area contributed by atoms with Gasteiger partial charge in [0.25, 0.3) is 0 Å². The van der Waals surface area contributed by atoms with Crippen LogP contribution in [-0.2, 0) is 4.79 Å². The molecule has 0 aromatic heterocycles. The van der Waals surface area contributed by atoms with Crippen molar-refractivity contribution >= 4 is 5.91 Å². The normalized spacial score (nSPS) is 29.1. The quantitative estimate of drug-likeness (QED) is 0.821. The predicted octanol–water partition coefficient (Wildman–Crippen LogP) is 2.85. The van der Waals surface area contributed by atoms with Gasteiger partial charge in [-0.3, -0.25) is 4.79 Å². The van der Waals surface area contributed by atoms with Gasteiger partial charge in [-0.05, 0) is 49.5 Å². The molecule has 3 nitrogen and oxygen atoms in total. The molecule has 0 radical (unpaired) electrons. The van der Waals surface area contributed by atoms with Crippen LogP contribution in [0.25, 0.3) is 0 Å². The maximum atomic E-state index is 12.5. The molecule has 0 spiro atoms. The van der Waals surface area contributed by atoms with Crippen molar-refractivity contribution in [3.05, 3.63) is 0 Å². The van der Waals surface area contributed by atoms with E-state index in [-0.39, 0.29) is 17.4 Å². The zero-order chi connectivity index (χ0) is 13.9. The summed E-state index contributed by atoms with van der Waals surface area (Å²) < 4.78 is 0. The van der Waals surface area contributed by atoms with E-state index in [1.54, 1.807) is 0 Å². The Labute approximate surface area is 117 Å². The summed E-state index contributed by atoms with van der Waals surface area (Å²) in [4.78, 5) is 12.5. The van der Waals surface area contributed by atoms with Crippen LogP contribution in [0.4, 0.5) is 0 Å². The van der Waals surface area contributed by atoms with Crippen molar-refractivity contribution in [1.29, 1.82) is 0 Å². The Morgan fingerprint density at radius 2 is 1.89 bits per heavy atom. The first kappa shape index (κ1) is 14.8. The molecule has 0 bridgehead atoms. The minimum atomic E-state index is -0.0171. The third kappa shape index (κ3) is 3.31. The number of nitrogens with one attached hydrogen (secondary N) is 2. The minimum Gasteiger partial charge on any atom is -0.354 e. The van der Waals surface area contributed by atoms with Crippen LogP contribution in [0.1, 0.15) is 65.7 Å². The summed E-state index contributed by atoms with van der Waals surface area (Å²) in [7, 11) is 0. The molecular weight excluding hydrogens is 236 g/mol. The number of rotatable bonds is 4. The van der Waals surface area contributed by atoms with Gasteiger partial charge in [0.05, 0.1) is 6.04 Å². The van der Waals surface area contributed by atoms with Crippen molar-refractivity contribution in [2.75, 3.05) is 13.1 Å². The Morgan fingerprint density at radius 3 is 2.47 bits per heavy atom. The molecular formula is C16H30N2O. The summed E-state index contributed by atoms with van der Waals surface area (Å²) in [5.41, 5.74) is 0.464. The van der Waals surface area contributed by atoms with Crippen molar-refractivity contribution in [3.63, 3.8) is 0 Å². The molecule has 3 heteroatoms. The van der Waals surface area contributed by atoms with E-state index in [9.17, 15) is 4.79 Å². The van der Waals surface area contributed by atoms with Gasteiger partial charge in [-0.25, -0.2) is 0 Å². The van der Waals surface area contributed by atoms with E-state index in [0.29, 0.717) is 5.41 Å². The Morgan fingerprint density at radius 1 is 1.21 bits per heavy atom. The molecule has 1 unspecified atom stereocenters. The molecule has 0 aromatic rings. The summed E-state index contributed by atoms with van der Waals surface area (Å²) in [6, 6.07) is -0.0171. The number of carbonyl (C=O) groups excluding carboxylic acids is 1. The fourth-order valence-electron chi connectivity index (χ4n) is 3.82. The zero-order valence-electron chi connectivity index (χ0n) is 12.8. The molecule has 0 aromatic carbocycles. The summed E-state index contributed by atoms with van der Waals surface area (Å²) in [6.07, 6.45) is 8.73. The van der Waals surface area contributed by atoms with E-state index >= 15 is 0 Å². The number of piperidine rings is 1. The van der Waals surface area contributed by atoms with Gasteiger partial charge in [0.2, 0.25) is 5.91 Å². The lowest BCUT2D eigenvalue weighted by Crippen LogP contribution is -2.56. The standard InChI is InChI=1S/C16H30N2O/c1-4-16(9-5-6-10-16)12-18-14(19)13-15(2,3)8-7-11-17-13/h13,17H,4-12H2,1-3H3,(H,18,19). The van der Waals surface area contributed by atoms with Crippen LogP contribution in [0, 0.1) is 10.8 Å². The highest BCUT2D eigenvalue weighted by Crippen LogP contribution is 2.40. The van der Waals surface area contributed by atoms with Gasteiger partial charge in [-0.2, -0.15) is 0 Å². The van der Waals surface area contributed by atoms with Gasteiger partial charge in [-0.1, -0.05) is 33.6 Å². The SMILES string of the molecule is CCC1(CNC(=O)C2NCCCC2(C)C)CCCC1. The van der Waals surface area contributed by atoms with Gasteiger partial charge in [0.1, 0.15) is 0 Å². The van der Waals surface area contributed by atoms with Crippen molar-refractivity contribution in [1.82, 2.24) is 10.6 Å². The monoisotopic (exact) mass is 266 g/mol. The molecule has 1 amide bonds. The fraction of sp³-hybridized carbons (Fsp3) is 0.938. The lowest BCUT2D eigenvalue weighted by molar-refractivity contribution is -0.127. The van der Waals surface area contributed by atoms with E-state index in [1.807, 2.05) is 0 Å². The van der Waals surface area contributed by atoms with Gasteiger partial charge in [0, 0.05) is 6.54 Å². The first-order valence-electron chi connectivity index (χ1n) is 8.00. The van der Waals surface area contributed by atoms with Crippen LogP contribution in [0.2, 0.25) is 0 Å². The number of carbonyl (C=O) groups is 1. The first-order chi connectivity index (χ1) is 8.99. The summed E-state index contributed by atoms with van der Waals surface area (Å²) in [5, 5.41) is 6.64. The van der Waals surface area contributed by atoms with Gasteiger partial charge >= 0.3 is 0 Å². The molecule has 1 atom stereocenters. The Balaban J connectivity index is 1.90. The second-order valence-electron chi connectivity index (χ2n) is 7.26. The molecule has 1 saturated carbocycles. The maximum absolute atomic E-state index is 12.5. The Kier molecular flexibility index (Phi) is 4.54. The molecule has 2 aliphatic rings. The molecule has 1 saturated heterocycles. The summed E-state index contributed by atoms with van der Waals surface area (Å²) in [6.45, 7) is 8.51. The van der Waals surface area contributed by atoms with Gasteiger partial charge in [-0.15, -0.1) is 0 Å². The minimum absolute atomic E-state index is 0.0171. The number of amides is 1. The number of hydrogen-bond donors (Lipinski definition) is 2. The van der Waals surface area contributed by atoms with Crippen LogP contribution < -0.4 is 10.6 Å². The highest BCUT2D eigenvalue weighted by atomic mass is 16.2. The van der Waals surface area contributed by atoms with Crippen molar-refractivity contribution < 1.29 is 4.79 Å². The zero-order valence-corrected chi connectivity index (χ0v) is 12.8. The van der Waals surface area contributed by atoms with Gasteiger partial charge in [0.15, 0.2) is 0 Å². The Bertz CT molecular complexity index is 319. The van der Waals surface area contributed by atoms with E-state index < -0.39 is 0 Å². The molecule has 2 rings (SSSR count). The average Bonchev–Trinajstić information content (AvgIpc) is 2.85. The largest absolute Gasteiger partial charge is 0.354 e. The highest BCUT2D eigenvalue weighted by Gasteiger charge is 2.38. The average molecular weight is 266 g/mol. The van der Waals surface area contributed by atoms with Gasteiger partial charge < -0.3 is 10.6 Å². The van der Waals surface area contributed by atoms with E-state index in [1.165, 1.54) is 38.5 Å². The van der Waals surface area contributed by atoms with Crippen LogP contribution in [0.15, 0.2) is 0 Å². The van der Waals surface area contributed by atoms with Crippen LogP contribution >= 0.6 is 0 Å². The smallest absolute Gasteiger partial charge is 0.237 e. The topological polar surface area (TPSA) is 41.1 Å². The molecule has 2 fully saturated rings. The molecule has 1 aliphatic heterocycles. The maximum Gasteiger partial charge on any atom is 0.237 e. The third-order valence-electron chi connectivity index (χ3n) is 5.44. The second-order valence-corrected chi connectivity index (χ2v) is 7.26. The Hall–Kier alpha value is -0.570. The van der Waals surface area contributed by atoms with Crippen LogP contribution in [0.3, 0.4) is 0 Å². The van der Waals surface area contributed by atoms with E-state index in [2.05, 4.69) is 31.4 Å². The summed E-state index contributed by atoms with van der Waals surface area (Å²) >= 11 is 0. The van der Waals surface area contributed by atoms with E-state index in [4.69, 9.17) is 0 Å².